The summed E-state index contributed by atoms with van der Waals surface area (Å²) < 4.78 is 4.97. The van der Waals surface area contributed by atoms with E-state index < -0.39 is 30.4 Å². The third kappa shape index (κ3) is 6.96. The van der Waals surface area contributed by atoms with Crippen LogP contribution >= 0.6 is 11.8 Å². The molecule has 0 fully saturated rings. The summed E-state index contributed by atoms with van der Waals surface area (Å²) in [5, 5.41) is 4.66. The van der Waals surface area contributed by atoms with Crippen LogP contribution in [0.15, 0.2) is 47.4 Å². The van der Waals surface area contributed by atoms with Crippen LogP contribution in [0, 0.1) is 13.8 Å². The molecular formula is C20H21N3O5S. The number of carbonyl (C=O) groups excluding carboxylic acids is 4. The molecule has 9 heteroatoms. The van der Waals surface area contributed by atoms with Crippen molar-refractivity contribution in [1.82, 2.24) is 5.32 Å². The summed E-state index contributed by atoms with van der Waals surface area (Å²) >= 11 is 1.09. The second-order valence-corrected chi connectivity index (χ2v) is 7.17. The Morgan fingerprint density at radius 3 is 2.48 bits per heavy atom. The van der Waals surface area contributed by atoms with Gasteiger partial charge in [-0.3, -0.25) is 14.9 Å². The van der Waals surface area contributed by atoms with Crippen molar-refractivity contribution in [2.75, 3.05) is 17.7 Å². The van der Waals surface area contributed by atoms with Gasteiger partial charge in [0.25, 0.3) is 5.91 Å². The minimum absolute atomic E-state index is 0.00335. The Morgan fingerprint density at radius 1 is 1.07 bits per heavy atom. The second kappa shape index (κ2) is 10.3. The van der Waals surface area contributed by atoms with Crippen molar-refractivity contribution in [1.29, 1.82) is 0 Å². The summed E-state index contributed by atoms with van der Waals surface area (Å²) in [4.78, 5) is 47.5. The predicted octanol–water partition coefficient (Wildman–Crippen LogP) is 2.39. The van der Waals surface area contributed by atoms with Crippen LogP contribution < -0.4 is 16.4 Å². The van der Waals surface area contributed by atoms with Gasteiger partial charge < -0.3 is 15.8 Å². The third-order valence-corrected chi connectivity index (χ3v) is 4.79. The van der Waals surface area contributed by atoms with E-state index in [1.165, 1.54) is 6.07 Å². The smallest absolute Gasteiger partial charge is 0.339 e. The Hall–Kier alpha value is -3.33. The van der Waals surface area contributed by atoms with Gasteiger partial charge in [-0.15, -0.1) is 11.8 Å². The van der Waals surface area contributed by atoms with Gasteiger partial charge in [0, 0.05) is 10.6 Å². The molecule has 0 saturated carbocycles. The fourth-order valence-electron chi connectivity index (χ4n) is 2.39. The van der Waals surface area contributed by atoms with Crippen molar-refractivity contribution < 1.29 is 23.9 Å². The van der Waals surface area contributed by atoms with E-state index in [-0.39, 0.29) is 11.3 Å². The minimum atomic E-state index is -0.775. The first-order chi connectivity index (χ1) is 13.8. The first kappa shape index (κ1) is 22.0. The van der Waals surface area contributed by atoms with E-state index >= 15 is 0 Å². The van der Waals surface area contributed by atoms with Crippen LogP contribution in [0.3, 0.4) is 0 Å². The number of anilines is 1. The molecule has 2 aromatic rings. The highest BCUT2D eigenvalue weighted by atomic mass is 32.2. The molecule has 0 spiro atoms. The molecular weight excluding hydrogens is 394 g/mol. The number of thioether (sulfide) groups is 1. The van der Waals surface area contributed by atoms with Gasteiger partial charge in [0.1, 0.15) is 0 Å². The number of imide groups is 1. The number of amides is 4. The average Bonchev–Trinajstić information content (AvgIpc) is 2.67. The number of rotatable bonds is 7. The highest BCUT2D eigenvalue weighted by Gasteiger charge is 2.16. The average molecular weight is 415 g/mol. The second-order valence-electron chi connectivity index (χ2n) is 6.15. The van der Waals surface area contributed by atoms with Gasteiger partial charge in [-0.25, -0.2) is 9.59 Å². The monoisotopic (exact) mass is 415 g/mol. The van der Waals surface area contributed by atoms with Crippen molar-refractivity contribution >= 4 is 41.3 Å². The van der Waals surface area contributed by atoms with Crippen molar-refractivity contribution in [3.63, 3.8) is 0 Å². The number of nitrogens with two attached hydrogens (primary N) is 1. The molecule has 0 atom stereocenters. The lowest BCUT2D eigenvalue weighted by Crippen LogP contribution is -2.37. The quantitative estimate of drug-likeness (QED) is 0.471. The van der Waals surface area contributed by atoms with Gasteiger partial charge in [0.05, 0.1) is 11.3 Å². The highest BCUT2D eigenvalue weighted by Crippen LogP contribution is 2.23. The first-order valence-corrected chi connectivity index (χ1v) is 9.60. The van der Waals surface area contributed by atoms with Crippen LogP contribution in [0.2, 0.25) is 0 Å². The normalized spacial score (nSPS) is 10.1. The van der Waals surface area contributed by atoms with Crippen molar-refractivity contribution in [2.24, 2.45) is 5.73 Å². The first-order valence-electron chi connectivity index (χ1n) is 8.61. The number of carbonyl (C=O) groups is 4. The minimum Gasteiger partial charge on any atom is -0.452 e. The van der Waals surface area contributed by atoms with Gasteiger partial charge in [-0.2, -0.15) is 0 Å². The molecule has 2 aromatic carbocycles. The van der Waals surface area contributed by atoms with Crippen LogP contribution in [-0.2, 0) is 14.3 Å². The number of hydrogen-bond acceptors (Lipinski definition) is 6. The maximum atomic E-state index is 12.2. The van der Waals surface area contributed by atoms with Crippen LogP contribution in [0.4, 0.5) is 10.5 Å². The number of urea groups is 1. The van der Waals surface area contributed by atoms with Crippen molar-refractivity contribution in [2.45, 2.75) is 18.7 Å². The Balaban J connectivity index is 1.88. The molecule has 0 aliphatic heterocycles. The lowest BCUT2D eigenvalue weighted by molar-refractivity contribution is -0.123. The molecule has 0 aliphatic carbocycles. The molecule has 4 amide bonds. The predicted molar refractivity (Wildman–Crippen MR) is 110 cm³/mol. The zero-order chi connectivity index (χ0) is 21.4. The van der Waals surface area contributed by atoms with Crippen molar-refractivity contribution in [3.05, 3.63) is 59.2 Å². The van der Waals surface area contributed by atoms with Gasteiger partial charge in [0.2, 0.25) is 5.91 Å². The lowest BCUT2D eigenvalue weighted by Gasteiger charge is -2.11. The van der Waals surface area contributed by atoms with E-state index in [0.29, 0.717) is 10.6 Å². The largest absolute Gasteiger partial charge is 0.452 e. The number of hydrogen-bond donors (Lipinski definition) is 3. The molecule has 0 heterocycles. The lowest BCUT2D eigenvalue weighted by atomic mass is 10.1. The van der Waals surface area contributed by atoms with Crippen LogP contribution in [0.1, 0.15) is 21.5 Å². The number of primary amides is 1. The van der Waals surface area contributed by atoms with E-state index in [2.05, 4.69) is 10.6 Å². The van der Waals surface area contributed by atoms with Gasteiger partial charge in [-0.1, -0.05) is 29.8 Å². The summed E-state index contributed by atoms with van der Waals surface area (Å²) in [6.45, 7) is 3.13. The maximum Gasteiger partial charge on any atom is 0.339 e. The fraction of sp³-hybridized carbons (Fsp3) is 0.200. The van der Waals surface area contributed by atoms with E-state index in [4.69, 9.17) is 10.5 Å². The standard InChI is InChI=1S/C20H21N3O5S/c1-12-7-8-15(13(2)9-12)22-20(27)23-18(25)10-28-19(26)14-5-3-4-6-16(14)29-11-17(21)24/h3-9H,10-11H2,1-2H3,(H2,21,24)(H2,22,23,25,27). The molecule has 152 valence electrons. The van der Waals surface area contributed by atoms with Crippen molar-refractivity contribution in [3.8, 4) is 0 Å². The molecule has 0 bridgehead atoms. The molecule has 8 nitrogen and oxygen atoms in total. The fourth-order valence-corrected chi connectivity index (χ4v) is 3.17. The topological polar surface area (TPSA) is 128 Å². The van der Waals surface area contributed by atoms with Gasteiger partial charge in [-0.05, 0) is 37.6 Å². The number of esters is 1. The Morgan fingerprint density at radius 2 is 1.79 bits per heavy atom. The van der Waals surface area contributed by atoms with E-state index in [1.54, 1.807) is 24.3 Å². The summed E-state index contributed by atoms with van der Waals surface area (Å²) in [6.07, 6.45) is 0. The number of ether oxygens (including phenoxy) is 1. The molecule has 29 heavy (non-hydrogen) atoms. The summed E-state index contributed by atoms with van der Waals surface area (Å²) in [7, 11) is 0. The van der Waals surface area contributed by atoms with Crippen LogP contribution in [-0.4, -0.2) is 36.2 Å². The molecule has 4 N–H and O–H groups in total. The Kier molecular flexibility index (Phi) is 7.79. The van der Waals surface area contributed by atoms with Crippen LogP contribution in [0.5, 0.6) is 0 Å². The Labute approximate surface area is 172 Å². The summed E-state index contributed by atoms with van der Waals surface area (Å²) in [5.41, 5.74) is 7.78. The van der Waals surface area contributed by atoms with Gasteiger partial charge >= 0.3 is 12.0 Å². The summed E-state index contributed by atoms with van der Waals surface area (Å²) in [5.74, 6) is -2.04. The molecule has 0 unspecified atom stereocenters. The van der Waals surface area contributed by atoms with Gasteiger partial charge in [0.15, 0.2) is 6.61 Å². The zero-order valence-corrected chi connectivity index (χ0v) is 16.8. The third-order valence-electron chi connectivity index (χ3n) is 3.69. The number of aryl methyl sites for hydroxylation is 2. The maximum absolute atomic E-state index is 12.2. The molecule has 0 aliphatic rings. The highest BCUT2D eigenvalue weighted by molar-refractivity contribution is 8.00. The number of benzene rings is 2. The molecule has 0 saturated heterocycles. The molecule has 2 rings (SSSR count). The van der Waals surface area contributed by atoms with E-state index in [9.17, 15) is 19.2 Å². The van der Waals surface area contributed by atoms with Crippen LogP contribution in [0.25, 0.3) is 0 Å². The van der Waals surface area contributed by atoms with E-state index in [0.717, 1.165) is 22.9 Å². The Bertz CT molecular complexity index is 945. The number of nitrogens with one attached hydrogen (secondary N) is 2. The zero-order valence-electron chi connectivity index (χ0n) is 16.0. The molecule has 0 aromatic heterocycles. The SMILES string of the molecule is Cc1ccc(NC(=O)NC(=O)COC(=O)c2ccccc2SCC(N)=O)c(C)c1. The molecule has 0 radical (unpaired) electrons. The summed E-state index contributed by atoms with van der Waals surface area (Å²) in [6, 6.07) is 11.2. The van der Waals surface area contributed by atoms with E-state index in [1.807, 2.05) is 26.0 Å².